The first kappa shape index (κ1) is 17.3. The van der Waals surface area contributed by atoms with Gasteiger partial charge in [0.05, 0.1) is 6.04 Å². The van der Waals surface area contributed by atoms with E-state index in [-0.39, 0.29) is 12.8 Å². The first-order chi connectivity index (χ1) is 8.88. The fraction of sp³-hybridized carbons (Fsp3) is 0.727. The molecule has 0 aliphatic heterocycles. The van der Waals surface area contributed by atoms with Gasteiger partial charge in [-0.3, -0.25) is 9.59 Å². The van der Waals surface area contributed by atoms with Crippen molar-refractivity contribution in [1.82, 2.24) is 5.32 Å². The molecule has 0 aliphatic rings. The summed E-state index contributed by atoms with van der Waals surface area (Å²) in [5.74, 6) is -2.27. The molecule has 8 nitrogen and oxygen atoms in total. The first-order valence-corrected chi connectivity index (χ1v) is 6.15. The monoisotopic (exact) mass is 274 g/mol. The lowest BCUT2D eigenvalue weighted by atomic mass is 10.1. The van der Waals surface area contributed by atoms with E-state index in [0.717, 1.165) is 0 Å². The van der Waals surface area contributed by atoms with Crippen LogP contribution in [0.25, 0.3) is 0 Å². The Morgan fingerprint density at radius 1 is 1.16 bits per heavy atom. The van der Waals surface area contributed by atoms with E-state index >= 15 is 0 Å². The van der Waals surface area contributed by atoms with E-state index in [1.165, 1.54) is 0 Å². The standard InChI is InChI=1S/C11H22N4O4/c12-6-2-1-3-8(11(18)19)15-10(17)7(13)4-5-9(14)16/h7-8H,1-6,12-13H2,(H2,14,16)(H,15,17)(H,18,19)/t7-,8+/m1/s1. The number of hydrogen-bond acceptors (Lipinski definition) is 5. The lowest BCUT2D eigenvalue weighted by Crippen LogP contribution is -2.48. The third-order valence-corrected chi connectivity index (χ3v) is 2.60. The molecule has 2 amide bonds. The summed E-state index contributed by atoms with van der Waals surface area (Å²) in [5, 5.41) is 11.3. The normalized spacial score (nSPS) is 13.6. The number of carbonyl (C=O) groups is 3. The third kappa shape index (κ3) is 8.11. The van der Waals surface area contributed by atoms with E-state index in [1.54, 1.807) is 0 Å². The zero-order valence-corrected chi connectivity index (χ0v) is 10.8. The molecular weight excluding hydrogens is 252 g/mol. The Morgan fingerprint density at radius 2 is 1.79 bits per heavy atom. The molecule has 0 saturated heterocycles. The van der Waals surface area contributed by atoms with Crippen molar-refractivity contribution in [2.45, 2.75) is 44.2 Å². The van der Waals surface area contributed by atoms with Gasteiger partial charge < -0.3 is 27.6 Å². The Hall–Kier alpha value is -1.67. The van der Waals surface area contributed by atoms with Crippen LogP contribution in [0.4, 0.5) is 0 Å². The van der Waals surface area contributed by atoms with Crippen LogP contribution in [-0.4, -0.2) is 41.5 Å². The number of carboxylic acids is 1. The fourth-order valence-corrected chi connectivity index (χ4v) is 1.46. The summed E-state index contributed by atoms with van der Waals surface area (Å²) >= 11 is 0. The van der Waals surface area contributed by atoms with Crippen molar-refractivity contribution in [2.75, 3.05) is 6.54 Å². The van der Waals surface area contributed by atoms with Gasteiger partial charge in [-0.1, -0.05) is 0 Å². The SMILES string of the molecule is NCCCC[C@H](NC(=O)[C@H](N)CCC(N)=O)C(=O)O. The number of unbranched alkanes of at least 4 members (excludes halogenated alkanes) is 1. The fourth-order valence-electron chi connectivity index (χ4n) is 1.46. The van der Waals surface area contributed by atoms with Crippen molar-refractivity contribution in [2.24, 2.45) is 17.2 Å². The number of nitrogens with one attached hydrogen (secondary N) is 1. The maximum absolute atomic E-state index is 11.6. The predicted molar refractivity (Wildman–Crippen MR) is 68.9 cm³/mol. The predicted octanol–water partition coefficient (Wildman–Crippen LogP) is -1.72. The molecule has 110 valence electrons. The van der Waals surface area contributed by atoms with Gasteiger partial charge in [-0.15, -0.1) is 0 Å². The van der Waals surface area contributed by atoms with Crippen molar-refractivity contribution >= 4 is 17.8 Å². The molecule has 0 radical (unpaired) electrons. The first-order valence-electron chi connectivity index (χ1n) is 6.15. The number of carboxylic acid groups (broad SMARTS) is 1. The Labute approximate surface area is 111 Å². The third-order valence-electron chi connectivity index (χ3n) is 2.60. The minimum Gasteiger partial charge on any atom is -0.480 e. The molecule has 0 aromatic heterocycles. The Morgan fingerprint density at radius 3 is 2.26 bits per heavy atom. The Balaban J connectivity index is 4.21. The lowest BCUT2D eigenvalue weighted by molar-refractivity contribution is -0.142. The number of hydrogen-bond donors (Lipinski definition) is 5. The summed E-state index contributed by atoms with van der Waals surface area (Å²) in [7, 11) is 0. The number of carbonyl (C=O) groups excluding carboxylic acids is 2. The van der Waals surface area contributed by atoms with Crippen LogP contribution < -0.4 is 22.5 Å². The van der Waals surface area contributed by atoms with E-state index < -0.39 is 29.9 Å². The molecule has 0 heterocycles. The van der Waals surface area contributed by atoms with Gasteiger partial charge in [0.2, 0.25) is 11.8 Å². The van der Waals surface area contributed by atoms with Crippen LogP contribution in [0.1, 0.15) is 32.1 Å². The van der Waals surface area contributed by atoms with E-state index in [9.17, 15) is 14.4 Å². The maximum Gasteiger partial charge on any atom is 0.326 e. The van der Waals surface area contributed by atoms with Crippen molar-refractivity contribution in [1.29, 1.82) is 0 Å². The molecular formula is C11H22N4O4. The lowest BCUT2D eigenvalue weighted by Gasteiger charge is -2.17. The summed E-state index contributed by atoms with van der Waals surface area (Å²) in [6, 6.07) is -1.93. The highest BCUT2D eigenvalue weighted by Crippen LogP contribution is 2.02. The molecule has 0 fully saturated rings. The summed E-state index contributed by atoms with van der Waals surface area (Å²) in [4.78, 5) is 33.1. The smallest absolute Gasteiger partial charge is 0.326 e. The average Bonchev–Trinajstić information content (AvgIpc) is 2.34. The number of amides is 2. The second kappa shape index (κ2) is 9.29. The molecule has 8 N–H and O–H groups in total. The highest BCUT2D eigenvalue weighted by Gasteiger charge is 2.22. The topological polar surface area (TPSA) is 162 Å². The van der Waals surface area contributed by atoms with Crippen LogP contribution in [0.2, 0.25) is 0 Å². The number of aliphatic carboxylic acids is 1. The van der Waals surface area contributed by atoms with Crippen LogP contribution in [0.15, 0.2) is 0 Å². The van der Waals surface area contributed by atoms with E-state index in [0.29, 0.717) is 25.8 Å². The highest BCUT2D eigenvalue weighted by molar-refractivity contribution is 5.87. The molecule has 0 bridgehead atoms. The van der Waals surface area contributed by atoms with Gasteiger partial charge in [-0.05, 0) is 32.2 Å². The summed E-state index contributed by atoms with van der Waals surface area (Å²) in [6.45, 7) is 0.471. The van der Waals surface area contributed by atoms with Gasteiger partial charge in [0.1, 0.15) is 6.04 Å². The van der Waals surface area contributed by atoms with Crippen molar-refractivity contribution in [3.05, 3.63) is 0 Å². The van der Waals surface area contributed by atoms with Gasteiger partial charge >= 0.3 is 5.97 Å². The van der Waals surface area contributed by atoms with Gasteiger partial charge in [0.15, 0.2) is 0 Å². The highest BCUT2D eigenvalue weighted by atomic mass is 16.4. The minimum absolute atomic E-state index is 0.0144. The molecule has 0 aromatic carbocycles. The summed E-state index contributed by atoms with van der Waals surface area (Å²) < 4.78 is 0. The van der Waals surface area contributed by atoms with E-state index in [1.807, 2.05) is 0 Å². The van der Waals surface area contributed by atoms with Crippen LogP contribution in [0.5, 0.6) is 0 Å². The van der Waals surface area contributed by atoms with Gasteiger partial charge in [0.25, 0.3) is 0 Å². The molecule has 0 aliphatic carbocycles. The van der Waals surface area contributed by atoms with Crippen LogP contribution >= 0.6 is 0 Å². The molecule has 0 aromatic rings. The van der Waals surface area contributed by atoms with Crippen LogP contribution in [0, 0.1) is 0 Å². The quantitative estimate of drug-likeness (QED) is 0.297. The largest absolute Gasteiger partial charge is 0.480 e. The molecule has 2 atom stereocenters. The summed E-state index contributed by atoms with van der Waals surface area (Å²) in [6.07, 6.45) is 1.66. The van der Waals surface area contributed by atoms with Gasteiger partial charge in [0, 0.05) is 6.42 Å². The zero-order chi connectivity index (χ0) is 14.8. The van der Waals surface area contributed by atoms with E-state index in [2.05, 4.69) is 5.32 Å². The number of rotatable bonds is 10. The summed E-state index contributed by atoms with van der Waals surface area (Å²) in [5.41, 5.74) is 15.8. The maximum atomic E-state index is 11.6. The van der Waals surface area contributed by atoms with Crippen LogP contribution in [-0.2, 0) is 14.4 Å². The Bertz CT molecular complexity index is 322. The molecule has 19 heavy (non-hydrogen) atoms. The number of primary amides is 1. The van der Waals surface area contributed by atoms with Crippen LogP contribution in [0.3, 0.4) is 0 Å². The van der Waals surface area contributed by atoms with E-state index in [4.69, 9.17) is 22.3 Å². The van der Waals surface area contributed by atoms with Crippen molar-refractivity contribution < 1.29 is 19.5 Å². The van der Waals surface area contributed by atoms with Gasteiger partial charge in [-0.25, -0.2) is 4.79 Å². The molecule has 8 heteroatoms. The van der Waals surface area contributed by atoms with Crippen molar-refractivity contribution in [3.8, 4) is 0 Å². The number of nitrogens with two attached hydrogens (primary N) is 3. The zero-order valence-electron chi connectivity index (χ0n) is 10.8. The van der Waals surface area contributed by atoms with Gasteiger partial charge in [-0.2, -0.15) is 0 Å². The second-order valence-electron chi connectivity index (χ2n) is 4.30. The minimum atomic E-state index is -1.12. The Kier molecular flexibility index (Phi) is 8.47. The second-order valence-corrected chi connectivity index (χ2v) is 4.30. The molecule has 0 unspecified atom stereocenters. The molecule has 0 rings (SSSR count). The molecule has 0 spiro atoms. The van der Waals surface area contributed by atoms with Crippen molar-refractivity contribution in [3.63, 3.8) is 0 Å². The average molecular weight is 274 g/mol. The molecule has 0 saturated carbocycles.